The third-order valence-corrected chi connectivity index (χ3v) is 3.13. The molecule has 0 amide bonds. The molecule has 0 rings (SSSR count). The van der Waals surface area contributed by atoms with Crippen LogP contribution in [0.5, 0.6) is 0 Å². The first-order valence-corrected chi connectivity index (χ1v) is 7.30. The first kappa shape index (κ1) is 16.1. The molecule has 0 spiro atoms. The highest BCUT2D eigenvalue weighted by Gasteiger charge is 2.09. The van der Waals surface area contributed by atoms with Crippen molar-refractivity contribution in [1.29, 1.82) is 0 Å². The van der Waals surface area contributed by atoms with E-state index in [9.17, 15) is 8.42 Å². The fourth-order valence-corrected chi connectivity index (χ4v) is 1.76. The summed E-state index contributed by atoms with van der Waals surface area (Å²) in [6.45, 7) is 2.08. The number of methoxy groups -OCH3 is 1. The van der Waals surface area contributed by atoms with Gasteiger partial charge >= 0.3 is 0 Å². The van der Waals surface area contributed by atoms with Crippen LogP contribution in [-0.4, -0.2) is 69.7 Å². The predicted molar refractivity (Wildman–Crippen MR) is 66.1 cm³/mol. The lowest BCUT2D eigenvalue weighted by atomic mass is 10.3. The second-order valence-electron chi connectivity index (χ2n) is 3.81. The Kier molecular flexibility index (Phi) is 7.85. The molecule has 7 nitrogen and oxygen atoms in total. The Balaban J connectivity index is 4.13. The third-order valence-electron chi connectivity index (χ3n) is 2.20. The van der Waals surface area contributed by atoms with Crippen LogP contribution >= 0.6 is 0 Å². The van der Waals surface area contributed by atoms with Crippen molar-refractivity contribution < 1.29 is 18.4 Å². The van der Waals surface area contributed by atoms with Crippen LogP contribution in [-0.2, 0) is 14.6 Å². The molecule has 3 N–H and O–H groups in total. The number of ether oxygens (including phenoxy) is 1. The molecule has 0 heterocycles. The lowest BCUT2D eigenvalue weighted by Crippen LogP contribution is -2.34. The van der Waals surface area contributed by atoms with Crippen LogP contribution in [0.3, 0.4) is 0 Å². The van der Waals surface area contributed by atoms with E-state index in [1.807, 2.05) is 4.90 Å². The zero-order valence-corrected chi connectivity index (χ0v) is 11.1. The number of nitrogens with zero attached hydrogens (tertiary/aromatic N) is 2. The Morgan fingerprint density at radius 3 is 2.53 bits per heavy atom. The lowest BCUT2D eigenvalue weighted by Gasteiger charge is -2.20. The van der Waals surface area contributed by atoms with E-state index in [0.29, 0.717) is 32.7 Å². The first-order valence-electron chi connectivity index (χ1n) is 5.24. The smallest absolute Gasteiger partial charge is 0.148 e. The third kappa shape index (κ3) is 10.0. The predicted octanol–water partition coefficient (Wildman–Crippen LogP) is -0.884. The van der Waals surface area contributed by atoms with Crippen molar-refractivity contribution in [2.75, 3.05) is 45.4 Å². The van der Waals surface area contributed by atoms with Gasteiger partial charge in [-0.05, 0) is 0 Å². The summed E-state index contributed by atoms with van der Waals surface area (Å²) < 4.78 is 27.1. The van der Waals surface area contributed by atoms with Gasteiger partial charge in [0.15, 0.2) is 0 Å². The second kappa shape index (κ2) is 8.26. The summed E-state index contributed by atoms with van der Waals surface area (Å²) in [6, 6.07) is 0. The Morgan fingerprint density at radius 2 is 2.06 bits per heavy atom. The van der Waals surface area contributed by atoms with Crippen LogP contribution in [0.1, 0.15) is 6.42 Å². The number of hydrogen-bond donors (Lipinski definition) is 2. The van der Waals surface area contributed by atoms with Gasteiger partial charge in [0.1, 0.15) is 15.7 Å². The molecule has 0 radical (unpaired) electrons. The summed E-state index contributed by atoms with van der Waals surface area (Å²) >= 11 is 0. The fraction of sp³-hybridized carbons (Fsp3) is 0.889. The van der Waals surface area contributed by atoms with Gasteiger partial charge in [0.25, 0.3) is 0 Å². The maximum Gasteiger partial charge on any atom is 0.148 e. The van der Waals surface area contributed by atoms with Gasteiger partial charge in [-0.2, -0.15) is 0 Å². The van der Waals surface area contributed by atoms with Gasteiger partial charge in [-0.1, -0.05) is 5.16 Å². The molecular formula is C9H21N3O4S. The Labute approximate surface area is 102 Å². The molecule has 0 aromatic rings. The van der Waals surface area contributed by atoms with E-state index in [4.69, 9.17) is 15.7 Å². The second-order valence-corrected chi connectivity index (χ2v) is 6.07. The van der Waals surface area contributed by atoms with Crippen molar-refractivity contribution in [3.8, 4) is 0 Å². The minimum absolute atomic E-state index is 0.0902. The molecule has 8 heteroatoms. The molecule has 0 aliphatic carbocycles. The highest BCUT2D eigenvalue weighted by atomic mass is 32.2. The molecule has 0 aliphatic heterocycles. The molecule has 17 heavy (non-hydrogen) atoms. The number of hydrogen-bond acceptors (Lipinski definition) is 6. The molecule has 0 aliphatic rings. The summed E-state index contributed by atoms with van der Waals surface area (Å²) in [6.07, 6.45) is 1.59. The summed E-state index contributed by atoms with van der Waals surface area (Å²) in [5.41, 5.74) is 5.36. The van der Waals surface area contributed by atoms with E-state index in [0.717, 1.165) is 0 Å². The van der Waals surface area contributed by atoms with E-state index in [1.165, 1.54) is 6.26 Å². The Hall–Kier alpha value is -0.860. The van der Waals surface area contributed by atoms with Gasteiger partial charge in [0, 0.05) is 39.4 Å². The largest absolute Gasteiger partial charge is 0.409 e. The molecule has 0 aromatic carbocycles. The highest BCUT2D eigenvalue weighted by Crippen LogP contribution is 1.95. The van der Waals surface area contributed by atoms with Gasteiger partial charge in [-0.15, -0.1) is 0 Å². The minimum atomic E-state index is -2.98. The SMILES string of the molecule is COCCN(CCC(N)=NO)CCS(C)(=O)=O. The number of nitrogens with two attached hydrogens (primary N) is 1. The number of rotatable bonds is 9. The molecule has 0 saturated heterocycles. The molecule has 0 aromatic heterocycles. The Morgan fingerprint density at radius 1 is 1.41 bits per heavy atom. The van der Waals surface area contributed by atoms with Crippen molar-refractivity contribution in [3.05, 3.63) is 0 Å². The number of sulfone groups is 1. The number of amidine groups is 1. The van der Waals surface area contributed by atoms with Crippen LogP contribution in [0.25, 0.3) is 0 Å². The van der Waals surface area contributed by atoms with Crippen LogP contribution in [0.2, 0.25) is 0 Å². The fourth-order valence-electron chi connectivity index (χ4n) is 1.17. The average Bonchev–Trinajstić information content (AvgIpc) is 2.26. The number of oxime groups is 1. The van der Waals surface area contributed by atoms with Crippen LogP contribution in [0.15, 0.2) is 5.16 Å². The van der Waals surface area contributed by atoms with Crippen LogP contribution in [0, 0.1) is 0 Å². The van der Waals surface area contributed by atoms with Gasteiger partial charge < -0.3 is 15.7 Å². The summed E-state index contributed by atoms with van der Waals surface area (Å²) in [4.78, 5) is 1.91. The van der Waals surface area contributed by atoms with Gasteiger partial charge in [-0.3, -0.25) is 4.90 Å². The maximum absolute atomic E-state index is 11.1. The van der Waals surface area contributed by atoms with Crippen LogP contribution < -0.4 is 5.73 Å². The van der Waals surface area contributed by atoms with Crippen molar-refractivity contribution in [3.63, 3.8) is 0 Å². The molecular weight excluding hydrogens is 246 g/mol. The minimum Gasteiger partial charge on any atom is -0.409 e. The van der Waals surface area contributed by atoms with E-state index < -0.39 is 9.84 Å². The molecule has 0 atom stereocenters. The van der Waals surface area contributed by atoms with Crippen molar-refractivity contribution in [1.82, 2.24) is 4.90 Å². The average molecular weight is 267 g/mol. The molecule has 102 valence electrons. The first-order chi connectivity index (χ1) is 7.89. The van der Waals surface area contributed by atoms with Gasteiger partial charge in [0.05, 0.1) is 12.4 Å². The zero-order valence-electron chi connectivity index (χ0n) is 10.3. The normalized spacial score (nSPS) is 13.2. The lowest BCUT2D eigenvalue weighted by molar-refractivity contribution is 0.152. The van der Waals surface area contributed by atoms with Crippen molar-refractivity contribution in [2.24, 2.45) is 10.9 Å². The molecule has 0 bridgehead atoms. The highest BCUT2D eigenvalue weighted by molar-refractivity contribution is 7.90. The summed E-state index contributed by atoms with van der Waals surface area (Å²) in [7, 11) is -1.40. The van der Waals surface area contributed by atoms with Crippen LogP contribution in [0.4, 0.5) is 0 Å². The standard InChI is InChI=1S/C9H21N3O4S/c1-16-7-5-12(4-3-9(10)11-13)6-8-17(2,14)15/h13H,3-8H2,1-2H3,(H2,10,11). The summed E-state index contributed by atoms with van der Waals surface area (Å²) in [5, 5.41) is 11.3. The molecule has 0 unspecified atom stereocenters. The quantitative estimate of drug-likeness (QED) is 0.243. The van der Waals surface area contributed by atoms with Gasteiger partial charge in [0.2, 0.25) is 0 Å². The molecule has 0 fully saturated rings. The van der Waals surface area contributed by atoms with Crippen molar-refractivity contribution in [2.45, 2.75) is 6.42 Å². The summed E-state index contributed by atoms with van der Waals surface area (Å²) in [5.74, 6) is 0.221. The maximum atomic E-state index is 11.1. The monoisotopic (exact) mass is 267 g/mol. The van der Waals surface area contributed by atoms with E-state index in [2.05, 4.69) is 5.16 Å². The topological polar surface area (TPSA) is 105 Å². The Bertz CT molecular complexity index is 329. The molecule has 0 saturated carbocycles. The van der Waals surface area contributed by atoms with Crippen molar-refractivity contribution >= 4 is 15.7 Å². The van der Waals surface area contributed by atoms with E-state index in [-0.39, 0.29) is 11.6 Å². The van der Waals surface area contributed by atoms with Gasteiger partial charge in [-0.25, -0.2) is 8.42 Å². The van der Waals surface area contributed by atoms with E-state index in [1.54, 1.807) is 7.11 Å². The zero-order chi connectivity index (χ0) is 13.3. The van der Waals surface area contributed by atoms with E-state index >= 15 is 0 Å².